The van der Waals surface area contributed by atoms with Gasteiger partial charge in [-0.05, 0) is 6.92 Å². The average molecular weight is 274 g/mol. The SMILES string of the molecule is CCOCOCOCOc1cc(=O)c(O)c(CC)o1. The molecule has 0 bridgehead atoms. The summed E-state index contributed by atoms with van der Waals surface area (Å²) in [7, 11) is 0. The number of aromatic hydroxyl groups is 1. The van der Waals surface area contributed by atoms with Crippen LogP contribution in [0.25, 0.3) is 0 Å². The van der Waals surface area contributed by atoms with E-state index in [0.29, 0.717) is 13.0 Å². The molecule has 0 radical (unpaired) electrons. The molecular formula is C12H18O7. The molecule has 0 amide bonds. The van der Waals surface area contributed by atoms with Crippen molar-refractivity contribution in [3.05, 3.63) is 22.0 Å². The van der Waals surface area contributed by atoms with Gasteiger partial charge in [-0.15, -0.1) is 0 Å². The Morgan fingerprint density at radius 3 is 2.53 bits per heavy atom. The Kier molecular flexibility index (Phi) is 6.94. The third kappa shape index (κ3) is 5.29. The Labute approximate surface area is 110 Å². The average Bonchev–Trinajstić information content (AvgIpc) is 2.41. The van der Waals surface area contributed by atoms with Crippen LogP contribution in [0, 0.1) is 0 Å². The molecule has 0 aromatic carbocycles. The summed E-state index contributed by atoms with van der Waals surface area (Å²) in [6.07, 6.45) is 0.386. The second kappa shape index (κ2) is 8.52. The molecule has 0 unspecified atom stereocenters. The van der Waals surface area contributed by atoms with Crippen molar-refractivity contribution in [2.75, 3.05) is 27.0 Å². The highest BCUT2D eigenvalue weighted by Gasteiger charge is 2.10. The summed E-state index contributed by atoms with van der Waals surface area (Å²) >= 11 is 0. The van der Waals surface area contributed by atoms with Crippen LogP contribution in [-0.4, -0.2) is 32.1 Å². The van der Waals surface area contributed by atoms with E-state index < -0.39 is 11.2 Å². The number of ether oxygens (including phenoxy) is 4. The molecule has 108 valence electrons. The Hall–Kier alpha value is -1.57. The van der Waals surface area contributed by atoms with E-state index in [4.69, 9.17) is 23.4 Å². The van der Waals surface area contributed by atoms with Crippen LogP contribution in [-0.2, 0) is 20.6 Å². The van der Waals surface area contributed by atoms with Gasteiger partial charge in [0.05, 0.1) is 6.07 Å². The van der Waals surface area contributed by atoms with Gasteiger partial charge in [-0.2, -0.15) is 0 Å². The number of hydrogen-bond donors (Lipinski definition) is 1. The summed E-state index contributed by atoms with van der Waals surface area (Å²) in [5, 5.41) is 9.39. The summed E-state index contributed by atoms with van der Waals surface area (Å²) < 4.78 is 25.1. The molecule has 1 N–H and O–H groups in total. The molecule has 1 rings (SSSR count). The van der Waals surface area contributed by atoms with Crippen LogP contribution in [0.4, 0.5) is 0 Å². The van der Waals surface area contributed by atoms with Crippen LogP contribution in [0.1, 0.15) is 19.6 Å². The lowest BCUT2D eigenvalue weighted by Crippen LogP contribution is -2.10. The number of aryl methyl sites for hydroxylation is 1. The number of hydrogen-bond acceptors (Lipinski definition) is 7. The predicted octanol–water partition coefficient (Wildman–Crippen LogP) is 1.23. The first-order valence-electron chi connectivity index (χ1n) is 5.91. The van der Waals surface area contributed by atoms with Gasteiger partial charge >= 0.3 is 0 Å². The lowest BCUT2D eigenvalue weighted by atomic mass is 10.3. The molecule has 0 aliphatic carbocycles. The van der Waals surface area contributed by atoms with Gasteiger partial charge < -0.3 is 28.5 Å². The standard InChI is InChI=1S/C12H18O7/c1-3-10-12(14)9(13)5-11(19-10)18-8-17-7-16-6-15-4-2/h5,14H,3-4,6-8H2,1-2H3. The second-order valence-electron chi connectivity index (χ2n) is 3.45. The first kappa shape index (κ1) is 15.5. The quantitative estimate of drug-likeness (QED) is 0.535. The summed E-state index contributed by atoms with van der Waals surface area (Å²) in [6, 6.07) is 1.05. The predicted molar refractivity (Wildman–Crippen MR) is 65.0 cm³/mol. The van der Waals surface area contributed by atoms with Crippen LogP contribution < -0.4 is 10.2 Å². The first-order valence-corrected chi connectivity index (χ1v) is 5.91. The third-order valence-corrected chi connectivity index (χ3v) is 2.11. The molecule has 0 atom stereocenters. The van der Waals surface area contributed by atoms with E-state index in [9.17, 15) is 9.90 Å². The fourth-order valence-corrected chi connectivity index (χ4v) is 1.19. The lowest BCUT2D eigenvalue weighted by molar-refractivity contribution is -0.153. The number of rotatable bonds is 9. The lowest BCUT2D eigenvalue weighted by Gasteiger charge is -2.08. The maximum Gasteiger partial charge on any atom is 0.290 e. The van der Waals surface area contributed by atoms with E-state index >= 15 is 0 Å². The highest BCUT2D eigenvalue weighted by atomic mass is 16.8. The summed E-state index contributed by atoms with van der Waals surface area (Å²) in [4.78, 5) is 11.4. The fourth-order valence-electron chi connectivity index (χ4n) is 1.19. The highest BCUT2D eigenvalue weighted by molar-refractivity contribution is 5.26. The molecule has 19 heavy (non-hydrogen) atoms. The van der Waals surface area contributed by atoms with Gasteiger partial charge in [-0.1, -0.05) is 6.92 Å². The van der Waals surface area contributed by atoms with Gasteiger partial charge in [-0.25, -0.2) is 0 Å². The molecule has 7 nitrogen and oxygen atoms in total. The van der Waals surface area contributed by atoms with Crippen molar-refractivity contribution in [2.24, 2.45) is 0 Å². The van der Waals surface area contributed by atoms with Crippen LogP contribution in [0.2, 0.25) is 0 Å². The van der Waals surface area contributed by atoms with Crippen molar-refractivity contribution in [3.8, 4) is 11.7 Å². The van der Waals surface area contributed by atoms with Crippen molar-refractivity contribution in [1.82, 2.24) is 0 Å². The van der Waals surface area contributed by atoms with Gasteiger partial charge in [0.2, 0.25) is 11.2 Å². The van der Waals surface area contributed by atoms with Gasteiger partial charge in [-0.3, -0.25) is 4.79 Å². The molecule has 1 heterocycles. The van der Waals surface area contributed by atoms with Crippen molar-refractivity contribution in [2.45, 2.75) is 20.3 Å². The topological polar surface area (TPSA) is 87.4 Å². The van der Waals surface area contributed by atoms with Crippen molar-refractivity contribution in [1.29, 1.82) is 0 Å². The molecule has 7 heteroatoms. The van der Waals surface area contributed by atoms with E-state index in [2.05, 4.69) is 0 Å². The molecule has 0 saturated carbocycles. The van der Waals surface area contributed by atoms with E-state index in [-0.39, 0.29) is 32.1 Å². The second-order valence-corrected chi connectivity index (χ2v) is 3.45. The van der Waals surface area contributed by atoms with E-state index in [0.717, 1.165) is 6.07 Å². The Morgan fingerprint density at radius 1 is 1.16 bits per heavy atom. The van der Waals surface area contributed by atoms with Crippen molar-refractivity contribution in [3.63, 3.8) is 0 Å². The molecule has 0 saturated heterocycles. The normalized spacial score (nSPS) is 10.6. The summed E-state index contributed by atoms with van der Waals surface area (Å²) in [6.45, 7) is 4.18. The minimum atomic E-state index is -0.550. The molecular weight excluding hydrogens is 256 g/mol. The van der Waals surface area contributed by atoms with Crippen LogP contribution in [0.15, 0.2) is 15.3 Å². The highest BCUT2D eigenvalue weighted by Crippen LogP contribution is 2.18. The minimum absolute atomic E-state index is 0.00293. The zero-order valence-corrected chi connectivity index (χ0v) is 11.0. The maximum atomic E-state index is 11.4. The van der Waals surface area contributed by atoms with Crippen molar-refractivity contribution >= 4 is 0 Å². The van der Waals surface area contributed by atoms with Crippen LogP contribution in [0.3, 0.4) is 0 Å². The Morgan fingerprint density at radius 2 is 1.84 bits per heavy atom. The Bertz CT molecular complexity index is 427. The Balaban J connectivity index is 2.33. The van der Waals surface area contributed by atoms with Crippen molar-refractivity contribution < 1.29 is 28.5 Å². The molecule has 1 aromatic heterocycles. The molecule has 0 aliphatic heterocycles. The summed E-state index contributed by atoms with van der Waals surface area (Å²) in [5.74, 6) is -0.227. The minimum Gasteiger partial charge on any atom is -0.502 e. The monoisotopic (exact) mass is 274 g/mol. The van der Waals surface area contributed by atoms with Gasteiger partial charge in [0.25, 0.3) is 5.95 Å². The molecule has 1 aromatic rings. The van der Waals surface area contributed by atoms with E-state index in [1.807, 2.05) is 6.92 Å². The fraction of sp³-hybridized carbons (Fsp3) is 0.583. The maximum absolute atomic E-state index is 11.4. The summed E-state index contributed by atoms with van der Waals surface area (Å²) in [5.41, 5.74) is -0.550. The zero-order valence-electron chi connectivity index (χ0n) is 11.0. The molecule has 0 fully saturated rings. The molecule has 0 aliphatic rings. The smallest absolute Gasteiger partial charge is 0.290 e. The van der Waals surface area contributed by atoms with E-state index in [1.54, 1.807) is 6.92 Å². The van der Waals surface area contributed by atoms with Crippen LogP contribution >= 0.6 is 0 Å². The van der Waals surface area contributed by atoms with Gasteiger partial charge in [0.15, 0.2) is 19.3 Å². The van der Waals surface area contributed by atoms with E-state index in [1.165, 1.54) is 0 Å². The molecule has 0 spiro atoms. The largest absolute Gasteiger partial charge is 0.502 e. The zero-order chi connectivity index (χ0) is 14.1. The third-order valence-electron chi connectivity index (χ3n) is 2.11. The van der Waals surface area contributed by atoms with Crippen LogP contribution in [0.5, 0.6) is 11.7 Å². The first-order chi connectivity index (χ1) is 9.19. The van der Waals surface area contributed by atoms with Gasteiger partial charge in [0, 0.05) is 13.0 Å². The van der Waals surface area contributed by atoms with Gasteiger partial charge in [0.1, 0.15) is 6.79 Å².